The van der Waals surface area contributed by atoms with Gasteiger partial charge in [0.25, 0.3) is 0 Å². The maximum Gasteiger partial charge on any atom is 0.417 e. The van der Waals surface area contributed by atoms with Crippen LogP contribution in [-0.2, 0) is 6.18 Å². The Morgan fingerprint density at radius 1 is 1.53 bits per heavy atom. The van der Waals surface area contributed by atoms with E-state index in [1.54, 1.807) is 0 Å². The summed E-state index contributed by atoms with van der Waals surface area (Å²) in [4.78, 5) is 3.34. The van der Waals surface area contributed by atoms with Crippen LogP contribution in [0.4, 0.5) is 13.2 Å². The van der Waals surface area contributed by atoms with E-state index in [1.165, 1.54) is 0 Å². The number of alkyl halides is 3. The van der Waals surface area contributed by atoms with Crippen LogP contribution in [0.15, 0.2) is 12.3 Å². The first kappa shape index (κ1) is 12.2. The zero-order chi connectivity index (χ0) is 11.6. The number of hydrogen-bond donors (Lipinski definition) is 2. The van der Waals surface area contributed by atoms with Gasteiger partial charge in [0.2, 0.25) is 0 Å². The highest BCUT2D eigenvalue weighted by atomic mass is 35.5. The van der Waals surface area contributed by atoms with E-state index < -0.39 is 17.8 Å². The molecule has 84 valence electrons. The van der Waals surface area contributed by atoms with Gasteiger partial charge in [-0.2, -0.15) is 13.2 Å². The SMILES string of the molecule is NC[C@@H](O)c1cc(C(F)(F)F)cnc1Cl. The van der Waals surface area contributed by atoms with Crippen molar-refractivity contribution >= 4 is 11.6 Å². The van der Waals surface area contributed by atoms with Gasteiger partial charge in [-0.1, -0.05) is 11.6 Å². The third-order valence-electron chi connectivity index (χ3n) is 1.78. The van der Waals surface area contributed by atoms with E-state index in [2.05, 4.69) is 4.98 Å². The van der Waals surface area contributed by atoms with Gasteiger partial charge in [0, 0.05) is 18.3 Å². The molecule has 0 radical (unpaired) electrons. The minimum absolute atomic E-state index is 0.117. The number of rotatable bonds is 2. The summed E-state index contributed by atoms with van der Waals surface area (Å²) in [6.45, 7) is -0.220. The highest BCUT2D eigenvalue weighted by Crippen LogP contribution is 2.32. The average molecular weight is 241 g/mol. The first-order valence-electron chi connectivity index (χ1n) is 3.97. The van der Waals surface area contributed by atoms with Gasteiger partial charge >= 0.3 is 6.18 Å². The average Bonchev–Trinajstić information content (AvgIpc) is 2.15. The van der Waals surface area contributed by atoms with E-state index in [4.69, 9.17) is 17.3 Å². The lowest BCUT2D eigenvalue weighted by atomic mass is 10.1. The third kappa shape index (κ3) is 2.80. The fraction of sp³-hybridized carbons (Fsp3) is 0.375. The first-order chi connectivity index (χ1) is 6.86. The number of aliphatic hydroxyl groups is 1. The minimum atomic E-state index is -4.51. The molecule has 0 saturated carbocycles. The number of nitrogens with two attached hydrogens (primary N) is 1. The third-order valence-corrected chi connectivity index (χ3v) is 2.09. The normalized spacial score (nSPS) is 14.0. The monoisotopic (exact) mass is 240 g/mol. The lowest BCUT2D eigenvalue weighted by molar-refractivity contribution is -0.137. The molecule has 0 saturated heterocycles. The molecule has 15 heavy (non-hydrogen) atoms. The van der Waals surface area contributed by atoms with Crippen molar-refractivity contribution in [2.75, 3.05) is 6.54 Å². The molecule has 1 heterocycles. The van der Waals surface area contributed by atoms with Crippen molar-refractivity contribution in [1.82, 2.24) is 4.98 Å². The van der Waals surface area contributed by atoms with Gasteiger partial charge in [0.1, 0.15) is 5.15 Å². The van der Waals surface area contributed by atoms with Crippen molar-refractivity contribution in [2.24, 2.45) is 5.73 Å². The van der Waals surface area contributed by atoms with Crippen LogP contribution in [0, 0.1) is 0 Å². The smallest absolute Gasteiger partial charge is 0.387 e. The van der Waals surface area contributed by atoms with Gasteiger partial charge < -0.3 is 10.8 Å². The summed E-state index contributed by atoms with van der Waals surface area (Å²) in [5.41, 5.74) is 4.03. The van der Waals surface area contributed by atoms with Gasteiger partial charge in [-0.15, -0.1) is 0 Å². The molecule has 0 fully saturated rings. The summed E-state index contributed by atoms with van der Waals surface area (Å²) in [6, 6.07) is 0.743. The van der Waals surface area contributed by atoms with Crippen molar-refractivity contribution in [3.63, 3.8) is 0 Å². The Balaban J connectivity index is 3.17. The van der Waals surface area contributed by atoms with Crippen LogP contribution < -0.4 is 5.73 Å². The number of hydrogen-bond acceptors (Lipinski definition) is 3. The summed E-state index contributed by atoms with van der Waals surface area (Å²) in [6.07, 6.45) is -5.15. The molecule has 1 atom stereocenters. The van der Waals surface area contributed by atoms with Crippen LogP contribution in [0.1, 0.15) is 17.2 Å². The van der Waals surface area contributed by atoms with Crippen molar-refractivity contribution in [1.29, 1.82) is 0 Å². The molecule has 0 spiro atoms. The molecule has 0 unspecified atom stereocenters. The van der Waals surface area contributed by atoms with Crippen molar-refractivity contribution in [2.45, 2.75) is 12.3 Å². The van der Waals surface area contributed by atoms with Crippen LogP contribution in [-0.4, -0.2) is 16.6 Å². The van der Waals surface area contributed by atoms with Gasteiger partial charge in [-0.3, -0.25) is 0 Å². The molecule has 3 N–H and O–H groups in total. The Kier molecular flexibility index (Phi) is 3.54. The Labute approximate surface area is 88.7 Å². The summed E-state index contributed by atoms with van der Waals surface area (Å²) in [5.74, 6) is 0. The lowest BCUT2D eigenvalue weighted by Crippen LogP contribution is -2.14. The van der Waals surface area contributed by atoms with E-state index in [0.717, 1.165) is 6.07 Å². The predicted octanol–water partition coefficient (Wildman–Crippen LogP) is 1.75. The molecule has 3 nitrogen and oxygen atoms in total. The highest BCUT2D eigenvalue weighted by Gasteiger charge is 2.32. The molecular weight excluding hydrogens is 233 g/mol. The zero-order valence-electron chi connectivity index (χ0n) is 7.42. The van der Waals surface area contributed by atoms with E-state index in [9.17, 15) is 18.3 Å². The molecule has 7 heteroatoms. The number of aliphatic hydroxyl groups excluding tert-OH is 1. The van der Waals surface area contributed by atoms with Crippen LogP contribution >= 0.6 is 11.6 Å². The Morgan fingerprint density at radius 2 is 2.13 bits per heavy atom. The van der Waals surface area contributed by atoms with Crippen molar-refractivity contribution in [3.8, 4) is 0 Å². The Bertz CT molecular complexity index is 356. The molecule has 0 aliphatic heterocycles. The molecule has 1 aromatic rings. The molecule has 0 aliphatic rings. The topological polar surface area (TPSA) is 59.1 Å². The van der Waals surface area contributed by atoms with Crippen LogP contribution in [0.5, 0.6) is 0 Å². The van der Waals surface area contributed by atoms with E-state index in [1.807, 2.05) is 0 Å². The second-order valence-electron chi connectivity index (χ2n) is 2.85. The fourth-order valence-electron chi connectivity index (χ4n) is 0.981. The van der Waals surface area contributed by atoms with Gasteiger partial charge in [0.15, 0.2) is 0 Å². The molecule has 0 aromatic carbocycles. The van der Waals surface area contributed by atoms with Crippen LogP contribution in [0.25, 0.3) is 0 Å². The summed E-state index contributed by atoms with van der Waals surface area (Å²) in [5, 5.41) is 9.10. The van der Waals surface area contributed by atoms with Crippen molar-refractivity contribution < 1.29 is 18.3 Å². The van der Waals surface area contributed by atoms with Gasteiger partial charge in [-0.25, -0.2) is 4.98 Å². The summed E-state index contributed by atoms with van der Waals surface area (Å²) < 4.78 is 36.8. The molecular formula is C8H8ClF3N2O. The highest BCUT2D eigenvalue weighted by molar-refractivity contribution is 6.30. The quantitative estimate of drug-likeness (QED) is 0.775. The fourth-order valence-corrected chi connectivity index (χ4v) is 1.21. The molecule has 1 rings (SSSR count). The van der Waals surface area contributed by atoms with Crippen LogP contribution in [0.2, 0.25) is 5.15 Å². The van der Waals surface area contributed by atoms with Crippen molar-refractivity contribution in [3.05, 3.63) is 28.5 Å². The number of halogens is 4. The van der Waals surface area contributed by atoms with Gasteiger partial charge in [-0.05, 0) is 6.07 Å². The summed E-state index contributed by atoms with van der Waals surface area (Å²) >= 11 is 5.53. The van der Waals surface area contributed by atoms with Gasteiger partial charge in [0.05, 0.1) is 11.7 Å². The minimum Gasteiger partial charge on any atom is -0.387 e. The van der Waals surface area contributed by atoms with E-state index >= 15 is 0 Å². The van der Waals surface area contributed by atoms with Crippen LogP contribution in [0.3, 0.4) is 0 Å². The second kappa shape index (κ2) is 4.34. The lowest BCUT2D eigenvalue weighted by Gasteiger charge is -2.12. The maximum atomic E-state index is 12.3. The second-order valence-corrected chi connectivity index (χ2v) is 3.21. The van der Waals surface area contributed by atoms with E-state index in [-0.39, 0.29) is 17.3 Å². The Hall–Kier alpha value is -0.850. The first-order valence-corrected chi connectivity index (χ1v) is 4.35. The standard InChI is InChI=1S/C8H8ClF3N2O/c9-7-5(6(15)2-13)1-4(3-14-7)8(10,11)12/h1,3,6,15H,2,13H2/t6-/m1/s1. The molecule has 1 aromatic heterocycles. The largest absolute Gasteiger partial charge is 0.417 e. The molecule has 0 amide bonds. The molecule has 0 bridgehead atoms. The van der Waals surface area contributed by atoms with E-state index in [0.29, 0.717) is 6.20 Å². The number of aromatic nitrogens is 1. The Morgan fingerprint density at radius 3 is 2.60 bits per heavy atom. The zero-order valence-corrected chi connectivity index (χ0v) is 8.18. The number of pyridine rings is 1. The predicted molar refractivity (Wildman–Crippen MR) is 48.3 cm³/mol. The number of nitrogens with zero attached hydrogens (tertiary/aromatic N) is 1. The summed E-state index contributed by atoms with van der Waals surface area (Å²) in [7, 11) is 0. The molecule has 0 aliphatic carbocycles. The maximum absolute atomic E-state index is 12.3.